The Hall–Kier alpha value is -2.69. The maximum Gasteiger partial charge on any atom is 0.170 e. The number of para-hydroxylation sites is 1. The molecule has 20 heavy (non-hydrogen) atoms. The lowest BCUT2D eigenvalue weighted by atomic mass is 10.1. The van der Waals surface area contributed by atoms with Crippen molar-refractivity contribution in [2.75, 3.05) is 7.11 Å². The molecule has 0 atom stereocenters. The summed E-state index contributed by atoms with van der Waals surface area (Å²) >= 11 is 0. The van der Waals surface area contributed by atoms with Gasteiger partial charge in [0.15, 0.2) is 5.84 Å². The molecule has 2 aromatic carbocycles. The van der Waals surface area contributed by atoms with E-state index in [0.717, 1.165) is 11.3 Å². The first-order chi connectivity index (χ1) is 9.74. The Kier molecular flexibility index (Phi) is 4.44. The fourth-order valence-corrected chi connectivity index (χ4v) is 1.79. The molecule has 2 aromatic rings. The SMILES string of the molecule is COc1ccc(/C(N)=N/O)cc1COc1ccccc1. The number of hydrogen-bond acceptors (Lipinski definition) is 4. The monoisotopic (exact) mass is 272 g/mol. The molecular formula is C15H16N2O3. The number of ether oxygens (including phenoxy) is 2. The van der Waals surface area contributed by atoms with Gasteiger partial charge in [-0.3, -0.25) is 0 Å². The number of nitrogens with zero attached hydrogens (tertiary/aromatic N) is 1. The van der Waals surface area contributed by atoms with Crippen LogP contribution < -0.4 is 15.2 Å². The number of amidine groups is 1. The molecule has 0 spiro atoms. The van der Waals surface area contributed by atoms with Crippen LogP contribution in [0.3, 0.4) is 0 Å². The van der Waals surface area contributed by atoms with Crippen molar-refractivity contribution in [3.05, 3.63) is 59.7 Å². The minimum atomic E-state index is 0.0496. The maximum atomic E-state index is 8.71. The average molecular weight is 272 g/mol. The standard InChI is InChI=1S/C15H16N2O3/c1-19-14-8-7-11(15(16)17-18)9-12(14)10-20-13-5-3-2-4-6-13/h2-9,18H,10H2,1H3,(H2,16,17). The minimum Gasteiger partial charge on any atom is -0.496 e. The molecule has 0 aliphatic rings. The van der Waals surface area contributed by atoms with Gasteiger partial charge in [0.2, 0.25) is 0 Å². The predicted molar refractivity (Wildman–Crippen MR) is 76.3 cm³/mol. The zero-order valence-electron chi connectivity index (χ0n) is 11.1. The van der Waals surface area contributed by atoms with Crippen LogP contribution in [0.25, 0.3) is 0 Å². The third kappa shape index (κ3) is 3.20. The molecule has 0 bridgehead atoms. The van der Waals surface area contributed by atoms with E-state index in [4.69, 9.17) is 20.4 Å². The summed E-state index contributed by atoms with van der Waals surface area (Å²) in [4.78, 5) is 0. The van der Waals surface area contributed by atoms with Crippen molar-refractivity contribution < 1.29 is 14.7 Å². The smallest absolute Gasteiger partial charge is 0.170 e. The highest BCUT2D eigenvalue weighted by atomic mass is 16.5. The van der Waals surface area contributed by atoms with Crippen LogP contribution in [0.15, 0.2) is 53.7 Å². The fourth-order valence-electron chi connectivity index (χ4n) is 1.79. The highest BCUT2D eigenvalue weighted by Crippen LogP contribution is 2.22. The second-order valence-corrected chi connectivity index (χ2v) is 4.11. The summed E-state index contributed by atoms with van der Waals surface area (Å²) in [6.07, 6.45) is 0. The van der Waals surface area contributed by atoms with Gasteiger partial charge in [-0.2, -0.15) is 0 Å². The molecule has 0 aliphatic heterocycles. The second kappa shape index (κ2) is 6.47. The van der Waals surface area contributed by atoms with E-state index in [1.165, 1.54) is 0 Å². The van der Waals surface area contributed by atoms with E-state index in [9.17, 15) is 0 Å². The maximum absolute atomic E-state index is 8.71. The first kappa shape index (κ1) is 13.7. The third-order valence-corrected chi connectivity index (χ3v) is 2.82. The molecule has 104 valence electrons. The van der Waals surface area contributed by atoms with Crippen molar-refractivity contribution in [2.24, 2.45) is 10.9 Å². The summed E-state index contributed by atoms with van der Waals surface area (Å²) < 4.78 is 11.0. The van der Waals surface area contributed by atoms with Crippen molar-refractivity contribution in [1.82, 2.24) is 0 Å². The van der Waals surface area contributed by atoms with Crippen molar-refractivity contribution >= 4 is 5.84 Å². The molecule has 0 saturated heterocycles. The summed E-state index contributed by atoms with van der Waals surface area (Å²) in [6, 6.07) is 14.7. The van der Waals surface area contributed by atoms with Gasteiger partial charge in [0, 0.05) is 11.1 Å². The van der Waals surface area contributed by atoms with Gasteiger partial charge in [0.1, 0.15) is 18.1 Å². The van der Waals surface area contributed by atoms with E-state index >= 15 is 0 Å². The Morgan fingerprint density at radius 3 is 2.60 bits per heavy atom. The average Bonchev–Trinajstić information content (AvgIpc) is 2.52. The van der Waals surface area contributed by atoms with Gasteiger partial charge in [-0.25, -0.2) is 0 Å². The lowest BCUT2D eigenvalue weighted by Crippen LogP contribution is -2.13. The summed E-state index contributed by atoms with van der Waals surface area (Å²) in [5.74, 6) is 1.51. The van der Waals surface area contributed by atoms with Crippen LogP contribution in [0.2, 0.25) is 0 Å². The highest BCUT2D eigenvalue weighted by Gasteiger charge is 2.08. The molecule has 5 heteroatoms. The Bertz CT molecular complexity index is 597. The number of rotatable bonds is 5. The zero-order valence-corrected chi connectivity index (χ0v) is 11.1. The molecule has 0 unspecified atom stereocenters. The first-order valence-electron chi connectivity index (χ1n) is 6.07. The molecular weight excluding hydrogens is 256 g/mol. The molecule has 0 radical (unpaired) electrons. The molecule has 3 N–H and O–H groups in total. The summed E-state index contributed by atoms with van der Waals surface area (Å²) in [5, 5.41) is 11.7. The molecule has 0 aromatic heterocycles. The van der Waals surface area contributed by atoms with Gasteiger partial charge < -0.3 is 20.4 Å². The van der Waals surface area contributed by atoms with Gasteiger partial charge >= 0.3 is 0 Å². The van der Waals surface area contributed by atoms with Crippen LogP contribution in [-0.4, -0.2) is 18.2 Å². The normalized spacial score (nSPS) is 11.2. The molecule has 2 rings (SSSR count). The van der Waals surface area contributed by atoms with E-state index in [2.05, 4.69) is 5.16 Å². The molecule has 0 aliphatic carbocycles. The van der Waals surface area contributed by atoms with Crippen LogP contribution in [0.4, 0.5) is 0 Å². The molecule has 5 nitrogen and oxygen atoms in total. The van der Waals surface area contributed by atoms with Gasteiger partial charge in [-0.05, 0) is 30.3 Å². The van der Waals surface area contributed by atoms with Crippen molar-refractivity contribution in [3.63, 3.8) is 0 Å². The summed E-state index contributed by atoms with van der Waals surface area (Å²) in [7, 11) is 1.59. The number of benzene rings is 2. The fraction of sp³-hybridized carbons (Fsp3) is 0.133. The van der Waals surface area contributed by atoms with Crippen LogP contribution in [0.1, 0.15) is 11.1 Å². The van der Waals surface area contributed by atoms with Crippen molar-refractivity contribution in [3.8, 4) is 11.5 Å². The lowest BCUT2D eigenvalue weighted by molar-refractivity contribution is 0.296. The van der Waals surface area contributed by atoms with E-state index < -0.39 is 0 Å². The van der Waals surface area contributed by atoms with Gasteiger partial charge in [-0.1, -0.05) is 23.4 Å². The molecule has 0 amide bonds. The minimum absolute atomic E-state index is 0.0496. The van der Waals surface area contributed by atoms with E-state index in [0.29, 0.717) is 17.9 Å². The van der Waals surface area contributed by atoms with E-state index in [1.807, 2.05) is 30.3 Å². The molecule has 0 saturated carbocycles. The first-order valence-corrected chi connectivity index (χ1v) is 6.07. The van der Waals surface area contributed by atoms with Gasteiger partial charge in [0.25, 0.3) is 0 Å². The summed E-state index contributed by atoms with van der Waals surface area (Å²) in [6.45, 7) is 0.333. The lowest BCUT2D eigenvalue weighted by Gasteiger charge is -2.11. The van der Waals surface area contributed by atoms with Gasteiger partial charge in [-0.15, -0.1) is 0 Å². The molecule has 0 fully saturated rings. The second-order valence-electron chi connectivity index (χ2n) is 4.11. The number of nitrogens with two attached hydrogens (primary N) is 1. The number of oxime groups is 1. The Balaban J connectivity index is 2.20. The highest BCUT2D eigenvalue weighted by molar-refractivity contribution is 5.97. The van der Waals surface area contributed by atoms with Gasteiger partial charge in [0.05, 0.1) is 7.11 Å². The Morgan fingerprint density at radius 2 is 1.95 bits per heavy atom. The molecule has 0 heterocycles. The van der Waals surface area contributed by atoms with E-state index in [1.54, 1.807) is 25.3 Å². The largest absolute Gasteiger partial charge is 0.496 e. The van der Waals surface area contributed by atoms with Crippen molar-refractivity contribution in [1.29, 1.82) is 0 Å². The number of methoxy groups -OCH3 is 1. The van der Waals surface area contributed by atoms with E-state index in [-0.39, 0.29) is 5.84 Å². The van der Waals surface area contributed by atoms with Crippen LogP contribution in [0, 0.1) is 0 Å². The summed E-state index contributed by atoms with van der Waals surface area (Å²) in [5.41, 5.74) is 7.01. The van der Waals surface area contributed by atoms with Crippen LogP contribution >= 0.6 is 0 Å². The van der Waals surface area contributed by atoms with Crippen LogP contribution in [0.5, 0.6) is 11.5 Å². The topological polar surface area (TPSA) is 77.1 Å². The van der Waals surface area contributed by atoms with Crippen LogP contribution in [-0.2, 0) is 6.61 Å². The van der Waals surface area contributed by atoms with Crippen molar-refractivity contribution in [2.45, 2.75) is 6.61 Å². The Morgan fingerprint density at radius 1 is 1.20 bits per heavy atom. The third-order valence-electron chi connectivity index (χ3n) is 2.82. The predicted octanol–water partition coefficient (Wildman–Crippen LogP) is 2.37. The zero-order chi connectivity index (χ0) is 14.4. The number of hydrogen-bond donors (Lipinski definition) is 2. The Labute approximate surface area is 117 Å². The quantitative estimate of drug-likeness (QED) is 0.379.